The van der Waals surface area contributed by atoms with Crippen LogP contribution >= 0.6 is 11.8 Å². The van der Waals surface area contributed by atoms with Crippen molar-refractivity contribution in [1.29, 1.82) is 0 Å². The third-order valence-corrected chi connectivity index (χ3v) is 5.49. The molecule has 0 radical (unpaired) electrons. The molecule has 2 aromatic rings. The normalized spacial score (nSPS) is 16.4. The van der Waals surface area contributed by atoms with Crippen molar-refractivity contribution in [3.63, 3.8) is 0 Å². The Hall–Kier alpha value is -2.28. The Bertz CT molecular complexity index is 792. The largest absolute Gasteiger partial charge is 0.480 e. The highest BCUT2D eigenvalue weighted by Gasteiger charge is 2.41. The number of hydrogen-bond donors (Lipinski definition) is 2. The Morgan fingerprint density at radius 2 is 1.84 bits per heavy atom. The Balaban J connectivity index is 1.84. The smallest absolute Gasteiger partial charge is 0.329 e. The van der Waals surface area contributed by atoms with Crippen molar-refractivity contribution < 1.29 is 14.7 Å². The van der Waals surface area contributed by atoms with E-state index in [9.17, 15) is 14.7 Å². The quantitative estimate of drug-likeness (QED) is 0.876. The number of carboxylic acids is 1. The van der Waals surface area contributed by atoms with Gasteiger partial charge in [0.25, 0.3) is 5.91 Å². The van der Waals surface area contributed by atoms with E-state index in [0.29, 0.717) is 12.8 Å². The zero-order valence-corrected chi connectivity index (χ0v) is 15.1. The fraction of sp³-hybridized carbons (Fsp3) is 0.389. The van der Waals surface area contributed by atoms with Crippen molar-refractivity contribution in [2.45, 2.75) is 32.2 Å². The van der Waals surface area contributed by atoms with Crippen molar-refractivity contribution >= 4 is 23.6 Å². The van der Waals surface area contributed by atoms with Gasteiger partial charge in [0.2, 0.25) is 0 Å². The molecular weight excluding hydrogens is 338 g/mol. The molecule has 2 heterocycles. The molecule has 1 amide bonds. The van der Waals surface area contributed by atoms with E-state index in [2.05, 4.69) is 10.4 Å². The Kier molecular flexibility index (Phi) is 4.85. The van der Waals surface area contributed by atoms with Gasteiger partial charge in [-0.1, -0.05) is 17.7 Å². The van der Waals surface area contributed by atoms with Crippen LogP contribution in [0.25, 0.3) is 5.69 Å². The van der Waals surface area contributed by atoms with Crippen LogP contribution in [0.3, 0.4) is 0 Å². The van der Waals surface area contributed by atoms with Crippen LogP contribution in [0.5, 0.6) is 0 Å². The average molecular weight is 359 g/mol. The van der Waals surface area contributed by atoms with Crippen LogP contribution in [0, 0.1) is 13.8 Å². The maximum absolute atomic E-state index is 12.6. The zero-order valence-electron chi connectivity index (χ0n) is 14.3. The van der Waals surface area contributed by atoms with Gasteiger partial charge in [0.05, 0.1) is 5.69 Å². The van der Waals surface area contributed by atoms with E-state index in [4.69, 9.17) is 0 Å². The molecular formula is C18H21N3O3S. The molecule has 6 nitrogen and oxygen atoms in total. The molecule has 0 atom stereocenters. The molecule has 25 heavy (non-hydrogen) atoms. The van der Waals surface area contributed by atoms with Crippen LogP contribution in [0.4, 0.5) is 0 Å². The summed E-state index contributed by atoms with van der Waals surface area (Å²) >= 11 is 1.71. The number of amides is 1. The van der Waals surface area contributed by atoms with Crippen LogP contribution in [0.2, 0.25) is 0 Å². The van der Waals surface area contributed by atoms with Crippen LogP contribution < -0.4 is 5.32 Å². The number of benzene rings is 1. The summed E-state index contributed by atoms with van der Waals surface area (Å²) in [5.74, 6) is 0.0337. The number of rotatable bonds is 4. The molecule has 132 valence electrons. The van der Waals surface area contributed by atoms with E-state index in [1.54, 1.807) is 22.5 Å². The molecule has 1 aromatic carbocycles. The summed E-state index contributed by atoms with van der Waals surface area (Å²) in [4.78, 5) is 24.3. The topological polar surface area (TPSA) is 84.2 Å². The van der Waals surface area contributed by atoms with Gasteiger partial charge in [0.1, 0.15) is 5.54 Å². The summed E-state index contributed by atoms with van der Waals surface area (Å²) in [7, 11) is 0. The SMILES string of the molecule is Cc1ccc(-n2nc(C(=O)NC3(C(=O)O)CCSCC3)cc2C)cc1. The molecule has 1 aliphatic heterocycles. The summed E-state index contributed by atoms with van der Waals surface area (Å²) in [5, 5.41) is 16.7. The van der Waals surface area contributed by atoms with Crippen molar-refractivity contribution in [3.05, 3.63) is 47.3 Å². The number of hydrogen-bond acceptors (Lipinski definition) is 4. The first-order valence-corrected chi connectivity index (χ1v) is 9.34. The third-order valence-electron chi connectivity index (χ3n) is 4.51. The van der Waals surface area contributed by atoms with Gasteiger partial charge >= 0.3 is 5.97 Å². The number of carbonyl (C=O) groups excluding carboxylic acids is 1. The molecule has 1 aliphatic rings. The molecule has 1 fully saturated rings. The van der Waals surface area contributed by atoms with Gasteiger partial charge in [-0.05, 0) is 56.4 Å². The highest BCUT2D eigenvalue weighted by Crippen LogP contribution is 2.28. The molecule has 1 saturated heterocycles. The number of carbonyl (C=O) groups is 2. The Morgan fingerprint density at radius 1 is 1.20 bits per heavy atom. The van der Waals surface area contributed by atoms with Crippen LogP contribution in [-0.2, 0) is 4.79 Å². The summed E-state index contributed by atoms with van der Waals surface area (Å²) < 4.78 is 1.69. The van der Waals surface area contributed by atoms with Crippen LogP contribution in [0.1, 0.15) is 34.6 Å². The van der Waals surface area contributed by atoms with Gasteiger partial charge < -0.3 is 10.4 Å². The number of carboxylic acid groups (broad SMARTS) is 1. The molecule has 7 heteroatoms. The number of nitrogens with one attached hydrogen (secondary N) is 1. The number of aryl methyl sites for hydroxylation is 2. The second-order valence-corrected chi connectivity index (χ2v) is 7.60. The van der Waals surface area contributed by atoms with E-state index in [0.717, 1.165) is 28.5 Å². The second-order valence-electron chi connectivity index (χ2n) is 6.37. The molecule has 0 aliphatic carbocycles. The lowest BCUT2D eigenvalue weighted by molar-refractivity contribution is -0.144. The summed E-state index contributed by atoms with van der Waals surface area (Å²) in [6, 6.07) is 9.52. The predicted octanol–water partition coefficient (Wildman–Crippen LogP) is 2.57. The van der Waals surface area contributed by atoms with Crippen molar-refractivity contribution in [3.8, 4) is 5.69 Å². The maximum atomic E-state index is 12.6. The fourth-order valence-corrected chi connectivity index (χ4v) is 4.12. The molecule has 0 spiro atoms. The Morgan fingerprint density at radius 3 is 2.44 bits per heavy atom. The molecule has 1 aromatic heterocycles. The van der Waals surface area contributed by atoms with Gasteiger partial charge in [-0.15, -0.1) is 0 Å². The third kappa shape index (κ3) is 3.56. The highest BCUT2D eigenvalue weighted by atomic mass is 32.2. The number of nitrogens with zero attached hydrogens (tertiary/aromatic N) is 2. The number of aromatic nitrogens is 2. The monoisotopic (exact) mass is 359 g/mol. The van der Waals surface area contributed by atoms with E-state index < -0.39 is 17.4 Å². The van der Waals surface area contributed by atoms with E-state index in [1.165, 1.54) is 0 Å². The minimum Gasteiger partial charge on any atom is -0.480 e. The highest BCUT2D eigenvalue weighted by molar-refractivity contribution is 7.99. The lowest BCUT2D eigenvalue weighted by atomic mass is 9.92. The minimum absolute atomic E-state index is 0.233. The lowest BCUT2D eigenvalue weighted by Crippen LogP contribution is -2.56. The van der Waals surface area contributed by atoms with Crippen LogP contribution in [0.15, 0.2) is 30.3 Å². The van der Waals surface area contributed by atoms with Gasteiger partial charge in [0.15, 0.2) is 5.69 Å². The van der Waals surface area contributed by atoms with E-state index >= 15 is 0 Å². The first-order chi connectivity index (χ1) is 11.9. The van der Waals surface area contributed by atoms with Gasteiger partial charge in [-0.2, -0.15) is 16.9 Å². The summed E-state index contributed by atoms with van der Waals surface area (Å²) in [6.07, 6.45) is 0.854. The average Bonchev–Trinajstić information content (AvgIpc) is 2.98. The first kappa shape index (κ1) is 17.5. The van der Waals surface area contributed by atoms with Gasteiger partial charge in [0, 0.05) is 5.69 Å². The lowest BCUT2D eigenvalue weighted by Gasteiger charge is -2.33. The van der Waals surface area contributed by atoms with Crippen molar-refractivity contribution in [1.82, 2.24) is 15.1 Å². The molecule has 2 N–H and O–H groups in total. The van der Waals surface area contributed by atoms with Crippen molar-refractivity contribution in [2.24, 2.45) is 0 Å². The summed E-state index contributed by atoms with van der Waals surface area (Å²) in [6.45, 7) is 3.88. The standard InChI is InChI=1S/C18H21N3O3S/c1-12-3-5-14(6-4-12)21-13(2)11-15(20-21)16(22)19-18(17(23)24)7-9-25-10-8-18/h3-6,11H,7-10H2,1-2H3,(H,19,22)(H,23,24). The summed E-state index contributed by atoms with van der Waals surface area (Å²) in [5.41, 5.74) is 1.87. The van der Waals surface area contributed by atoms with Gasteiger partial charge in [-0.3, -0.25) is 4.79 Å². The second kappa shape index (κ2) is 6.92. The van der Waals surface area contributed by atoms with E-state index in [1.807, 2.05) is 38.1 Å². The van der Waals surface area contributed by atoms with Crippen LogP contribution in [-0.4, -0.2) is 43.8 Å². The Labute approximate surface area is 150 Å². The fourth-order valence-electron chi connectivity index (χ4n) is 2.93. The number of thioether (sulfide) groups is 1. The zero-order chi connectivity index (χ0) is 18.0. The predicted molar refractivity (Wildman–Crippen MR) is 97.4 cm³/mol. The molecule has 0 saturated carbocycles. The first-order valence-electron chi connectivity index (χ1n) is 8.19. The van der Waals surface area contributed by atoms with Gasteiger partial charge in [-0.25, -0.2) is 9.48 Å². The van der Waals surface area contributed by atoms with E-state index in [-0.39, 0.29) is 5.69 Å². The molecule has 0 unspecified atom stereocenters. The molecule has 0 bridgehead atoms. The van der Waals surface area contributed by atoms with Crippen molar-refractivity contribution in [2.75, 3.05) is 11.5 Å². The number of aliphatic carboxylic acids is 1. The maximum Gasteiger partial charge on any atom is 0.329 e. The minimum atomic E-state index is -1.19. The molecule has 3 rings (SSSR count).